The van der Waals surface area contributed by atoms with E-state index in [-0.39, 0.29) is 17.4 Å². The average molecular weight is 453 g/mol. The van der Waals surface area contributed by atoms with Gasteiger partial charge in [0.1, 0.15) is 22.1 Å². The molecule has 0 bridgehead atoms. The second-order valence-corrected chi connectivity index (χ2v) is 8.62. The number of benzene rings is 2. The van der Waals surface area contributed by atoms with Crippen molar-refractivity contribution in [1.82, 2.24) is 10.2 Å². The van der Waals surface area contributed by atoms with Gasteiger partial charge in [-0.25, -0.2) is 0 Å². The van der Waals surface area contributed by atoms with Crippen LogP contribution < -0.4 is 19.7 Å². The topological polar surface area (TPSA) is 93.6 Å². The SMILES string of the molecule is COc1cccc(OC)c1C(=O)Nc1nnc(C2CC(=O)N(c3ccc(C)c(C)c3)C2)s1. The molecule has 8 nitrogen and oxygen atoms in total. The predicted molar refractivity (Wildman–Crippen MR) is 123 cm³/mol. The molecule has 1 aliphatic rings. The molecule has 3 aromatic rings. The van der Waals surface area contributed by atoms with Gasteiger partial charge >= 0.3 is 0 Å². The number of aryl methyl sites for hydroxylation is 2. The van der Waals surface area contributed by atoms with E-state index in [0.29, 0.717) is 34.6 Å². The molecule has 2 amide bonds. The van der Waals surface area contributed by atoms with Crippen LogP contribution in [-0.2, 0) is 4.79 Å². The highest BCUT2D eigenvalue weighted by molar-refractivity contribution is 7.15. The van der Waals surface area contributed by atoms with E-state index in [1.165, 1.54) is 31.1 Å². The van der Waals surface area contributed by atoms with E-state index in [2.05, 4.69) is 15.5 Å². The van der Waals surface area contributed by atoms with Crippen LogP contribution in [0.3, 0.4) is 0 Å². The Morgan fingerprint density at radius 2 is 1.81 bits per heavy atom. The number of nitrogens with one attached hydrogen (secondary N) is 1. The van der Waals surface area contributed by atoms with Crippen molar-refractivity contribution in [1.29, 1.82) is 0 Å². The van der Waals surface area contributed by atoms with Gasteiger partial charge in [0.2, 0.25) is 11.0 Å². The second kappa shape index (κ2) is 8.96. The lowest BCUT2D eigenvalue weighted by atomic mass is 10.1. The minimum Gasteiger partial charge on any atom is -0.496 e. The molecule has 0 saturated carbocycles. The number of nitrogens with zero attached hydrogens (tertiary/aromatic N) is 3. The third kappa shape index (κ3) is 4.16. The maximum atomic E-state index is 12.9. The Morgan fingerprint density at radius 1 is 1.09 bits per heavy atom. The molecule has 32 heavy (non-hydrogen) atoms. The van der Waals surface area contributed by atoms with Crippen LogP contribution in [-0.4, -0.2) is 42.8 Å². The molecular formula is C23H24N4O4S. The summed E-state index contributed by atoms with van der Waals surface area (Å²) in [6.45, 7) is 4.61. The first kappa shape index (κ1) is 21.8. The third-order valence-corrected chi connectivity index (χ3v) is 6.59. The highest BCUT2D eigenvalue weighted by atomic mass is 32.1. The molecule has 9 heteroatoms. The fourth-order valence-corrected chi connectivity index (χ4v) is 4.53. The van der Waals surface area contributed by atoms with Crippen molar-refractivity contribution in [3.8, 4) is 11.5 Å². The molecule has 1 atom stereocenters. The van der Waals surface area contributed by atoms with E-state index in [4.69, 9.17) is 9.47 Å². The third-order valence-electron chi connectivity index (χ3n) is 5.59. The van der Waals surface area contributed by atoms with Crippen LogP contribution in [0.2, 0.25) is 0 Å². The Hall–Kier alpha value is -3.46. The first-order chi connectivity index (χ1) is 15.4. The fraction of sp³-hybridized carbons (Fsp3) is 0.304. The summed E-state index contributed by atoms with van der Waals surface area (Å²) in [4.78, 5) is 27.3. The number of hydrogen-bond acceptors (Lipinski definition) is 7. The Bertz CT molecular complexity index is 1150. The molecule has 1 unspecified atom stereocenters. The summed E-state index contributed by atoms with van der Waals surface area (Å²) in [7, 11) is 2.99. The van der Waals surface area contributed by atoms with Gasteiger partial charge in [-0.3, -0.25) is 14.9 Å². The maximum Gasteiger partial charge on any atom is 0.265 e. The zero-order chi connectivity index (χ0) is 22.8. The molecule has 0 spiro atoms. The van der Waals surface area contributed by atoms with Crippen molar-refractivity contribution in [3.05, 3.63) is 58.1 Å². The largest absolute Gasteiger partial charge is 0.496 e. The van der Waals surface area contributed by atoms with Crippen molar-refractivity contribution >= 4 is 34.0 Å². The molecule has 1 N–H and O–H groups in total. The number of rotatable bonds is 6. The maximum absolute atomic E-state index is 12.9. The zero-order valence-electron chi connectivity index (χ0n) is 18.3. The van der Waals surface area contributed by atoms with Crippen molar-refractivity contribution in [2.75, 3.05) is 31.0 Å². The number of methoxy groups -OCH3 is 2. The summed E-state index contributed by atoms with van der Waals surface area (Å²) >= 11 is 1.27. The van der Waals surface area contributed by atoms with Crippen molar-refractivity contribution in [3.63, 3.8) is 0 Å². The monoisotopic (exact) mass is 452 g/mol. The minimum atomic E-state index is -0.402. The summed E-state index contributed by atoms with van der Waals surface area (Å²) in [5, 5.41) is 12.2. The lowest BCUT2D eigenvalue weighted by Crippen LogP contribution is -2.24. The average Bonchev–Trinajstić information content (AvgIpc) is 3.41. The van der Waals surface area contributed by atoms with E-state index in [1.54, 1.807) is 23.1 Å². The summed E-state index contributed by atoms with van der Waals surface area (Å²) in [5.74, 6) is 0.376. The molecule has 0 aliphatic carbocycles. The van der Waals surface area contributed by atoms with Gasteiger partial charge in [0.25, 0.3) is 5.91 Å². The van der Waals surface area contributed by atoms with Gasteiger partial charge in [-0.15, -0.1) is 10.2 Å². The van der Waals surface area contributed by atoms with E-state index in [0.717, 1.165) is 11.3 Å². The highest BCUT2D eigenvalue weighted by Gasteiger charge is 2.34. The molecular weight excluding hydrogens is 428 g/mol. The van der Waals surface area contributed by atoms with Crippen LogP contribution >= 0.6 is 11.3 Å². The van der Waals surface area contributed by atoms with Gasteiger partial charge in [-0.2, -0.15) is 0 Å². The number of anilines is 2. The van der Waals surface area contributed by atoms with E-state index >= 15 is 0 Å². The number of carbonyl (C=O) groups is 2. The van der Waals surface area contributed by atoms with Crippen molar-refractivity contribution in [2.45, 2.75) is 26.2 Å². The number of ether oxygens (including phenoxy) is 2. The Morgan fingerprint density at radius 3 is 2.47 bits per heavy atom. The minimum absolute atomic E-state index is 0.0535. The van der Waals surface area contributed by atoms with Gasteiger partial charge in [0, 0.05) is 24.6 Å². The quantitative estimate of drug-likeness (QED) is 0.609. The molecule has 0 radical (unpaired) electrons. The Kier molecular flexibility index (Phi) is 6.09. The normalized spacial score (nSPS) is 15.7. The van der Waals surface area contributed by atoms with Gasteiger partial charge in [0.05, 0.1) is 14.2 Å². The van der Waals surface area contributed by atoms with Gasteiger partial charge in [-0.05, 0) is 49.2 Å². The highest BCUT2D eigenvalue weighted by Crippen LogP contribution is 2.35. The number of carbonyl (C=O) groups excluding carboxylic acids is 2. The van der Waals surface area contributed by atoms with E-state index in [1.807, 2.05) is 32.0 Å². The first-order valence-corrected chi connectivity index (χ1v) is 11.0. The van der Waals surface area contributed by atoms with Crippen LogP contribution in [0, 0.1) is 13.8 Å². The number of aromatic nitrogens is 2. The van der Waals surface area contributed by atoms with Crippen molar-refractivity contribution in [2.24, 2.45) is 0 Å². The molecule has 1 aliphatic heterocycles. The van der Waals surface area contributed by atoms with Crippen LogP contribution in [0.5, 0.6) is 11.5 Å². The van der Waals surface area contributed by atoms with E-state index in [9.17, 15) is 9.59 Å². The predicted octanol–water partition coefficient (Wildman–Crippen LogP) is 3.94. The van der Waals surface area contributed by atoms with Gasteiger partial charge in [0.15, 0.2) is 0 Å². The molecule has 1 aromatic heterocycles. The Labute approximate surface area is 190 Å². The molecule has 166 valence electrons. The van der Waals surface area contributed by atoms with E-state index < -0.39 is 5.91 Å². The summed E-state index contributed by atoms with van der Waals surface area (Å²) in [5.41, 5.74) is 3.51. The molecule has 2 aromatic carbocycles. The number of amides is 2. The first-order valence-electron chi connectivity index (χ1n) is 10.1. The van der Waals surface area contributed by atoms with Crippen LogP contribution in [0.1, 0.15) is 38.8 Å². The smallest absolute Gasteiger partial charge is 0.265 e. The molecule has 2 heterocycles. The molecule has 4 rings (SSSR count). The van der Waals surface area contributed by atoms with Crippen LogP contribution in [0.25, 0.3) is 0 Å². The van der Waals surface area contributed by atoms with Crippen LogP contribution in [0.15, 0.2) is 36.4 Å². The van der Waals surface area contributed by atoms with Gasteiger partial charge < -0.3 is 14.4 Å². The number of hydrogen-bond donors (Lipinski definition) is 1. The molecule has 1 fully saturated rings. The summed E-state index contributed by atoms with van der Waals surface area (Å²) in [6, 6.07) is 11.1. The lowest BCUT2D eigenvalue weighted by Gasteiger charge is -2.17. The fourth-order valence-electron chi connectivity index (χ4n) is 3.70. The standard InChI is InChI=1S/C23H24N4O4S/c1-13-8-9-16(10-14(13)2)27-12-15(11-19(27)28)22-25-26-23(32-22)24-21(29)20-17(30-3)6-5-7-18(20)31-4/h5-10,15H,11-12H2,1-4H3,(H,24,26,29). The summed E-state index contributed by atoms with van der Waals surface area (Å²) in [6.07, 6.45) is 0.357. The Balaban J connectivity index is 1.49. The lowest BCUT2D eigenvalue weighted by molar-refractivity contribution is -0.117. The van der Waals surface area contributed by atoms with Crippen molar-refractivity contribution < 1.29 is 19.1 Å². The zero-order valence-corrected chi connectivity index (χ0v) is 19.2. The van der Waals surface area contributed by atoms with Crippen LogP contribution in [0.4, 0.5) is 10.8 Å². The summed E-state index contributed by atoms with van der Waals surface area (Å²) < 4.78 is 10.6. The van der Waals surface area contributed by atoms with Gasteiger partial charge in [-0.1, -0.05) is 23.5 Å². The molecule has 1 saturated heterocycles. The second-order valence-electron chi connectivity index (χ2n) is 7.61.